The van der Waals surface area contributed by atoms with Gasteiger partial charge >= 0.3 is 0 Å². The Morgan fingerprint density at radius 3 is 2.70 bits per heavy atom. The summed E-state index contributed by atoms with van der Waals surface area (Å²) >= 11 is 0. The van der Waals surface area contributed by atoms with E-state index in [-0.39, 0.29) is 5.56 Å². The molecule has 4 aromatic rings. The van der Waals surface area contributed by atoms with E-state index in [0.29, 0.717) is 18.6 Å². The minimum atomic E-state index is -0.120. The van der Waals surface area contributed by atoms with E-state index < -0.39 is 0 Å². The van der Waals surface area contributed by atoms with E-state index in [0.717, 1.165) is 28.1 Å². The van der Waals surface area contributed by atoms with Crippen LogP contribution in [0.1, 0.15) is 0 Å². The van der Waals surface area contributed by atoms with Gasteiger partial charge in [-0.25, -0.2) is 0 Å². The van der Waals surface area contributed by atoms with Gasteiger partial charge in [-0.2, -0.15) is 0 Å². The maximum absolute atomic E-state index is 12.5. The van der Waals surface area contributed by atoms with Gasteiger partial charge in [0.1, 0.15) is 12.4 Å². The predicted molar refractivity (Wildman–Crippen MR) is 104 cm³/mol. The second kappa shape index (κ2) is 7.47. The summed E-state index contributed by atoms with van der Waals surface area (Å²) in [6.45, 7) is 1.03. The van der Waals surface area contributed by atoms with E-state index in [2.05, 4.69) is 9.97 Å². The van der Waals surface area contributed by atoms with Crippen molar-refractivity contribution in [2.45, 2.75) is 0 Å². The first-order chi connectivity index (χ1) is 13.3. The summed E-state index contributed by atoms with van der Waals surface area (Å²) in [5.41, 5.74) is 3.42. The monoisotopic (exact) mass is 361 g/mol. The van der Waals surface area contributed by atoms with Crippen LogP contribution in [-0.4, -0.2) is 34.9 Å². The molecule has 0 unspecified atom stereocenters. The third-order valence-electron chi connectivity index (χ3n) is 4.37. The highest BCUT2D eigenvalue weighted by Gasteiger charge is 2.14. The first-order valence-electron chi connectivity index (χ1n) is 8.63. The van der Waals surface area contributed by atoms with Gasteiger partial charge in [0.15, 0.2) is 0 Å². The average Bonchev–Trinajstić information content (AvgIpc) is 3.10. The maximum atomic E-state index is 12.5. The van der Waals surface area contributed by atoms with Crippen LogP contribution >= 0.6 is 0 Å². The number of hydrogen-bond acceptors (Lipinski definition) is 4. The lowest BCUT2D eigenvalue weighted by Crippen LogP contribution is -2.05. The van der Waals surface area contributed by atoms with E-state index in [1.165, 1.54) is 0 Å². The van der Waals surface area contributed by atoms with Crippen molar-refractivity contribution in [1.82, 2.24) is 14.5 Å². The molecule has 0 saturated heterocycles. The van der Waals surface area contributed by atoms with Crippen LogP contribution in [0.15, 0.2) is 72.0 Å². The van der Waals surface area contributed by atoms with Gasteiger partial charge in [0.2, 0.25) is 0 Å². The van der Waals surface area contributed by atoms with E-state index in [1.807, 2.05) is 53.2 Å². The van der Waals surface area contributed by atoms with Crippen molar-refractivity contribution in [2.24, 2.45) is 0 Å². The smallest absolute Gasteiger partial charge is 0.258 e. The lowest BCUT2D eigenvalue weighted by molar-refractivity contribution is 0.146. The number of H-pyrrole nitrogens is 1. The van der Waals surface area contributed by atoms with Gasteiger partial charge in [-0.05, 0) is 35.9 Å². The number of pyridine rings is 2. The third-order valence-corrected chi connectivity index (χ3v) is 4.37. The molecule has 1 N–H and O–H groups in total. The van der Waals surface area contributed by atoms with Gasteiger partial charge in [-0.1, -0.05) is 12.1 Å². The van der Waals surface area contributed by atoms with Crippen LogP contribution in [0.3, 0.4) is 0 Å². The van der Waals surface area contributed by atoms with Crippen LogP contribution in [0, 0.1) is 0 Å². The molecule has 0 radical (unpaired) electrons. The molecule has 0 atom stereocenters. The Balaban J connectivity index is 1.79. The van der Waals surface area contributed by atoms with Crippen LogP contribution in [0.25, 0.3) is 27.7 Å². The second-order valence-electron chi connectivity index (χ2n) is 6.06. The second-order valence-corrected chi connectivity index (χ2v) is 6.06. The fraction of sp³-hybridized carbons (Fsp3) is 0.143. The normalized spacial score (nSPS) is 11.0. The van der Waals surface area contributed by atoms with Crippen molar-refractivity contribution in [3.8, 4) is 22.6 Å². The topological polar surface area (TPSA) is 69.1 Å². The number of aromatic nitrogens is 3. The zero-order valence-corrected chi connectivity index (χ0v) is 14.9. The van der Waals surface area contributed by atoms with E-state index in [1.54, 1.807) is 25.7 Å². The quantitative estimate of drug-likeness (QED) is 0.535. The number of fused-ring (bicyclic) bond motifs is 1. The molecular formula is C21H19N3O3. The molecule has 6 heteroatoms. The van der Waals surface area contributed by atoms with Crippen molar-refractivity contribution < 1.29 is 9.47 Å². The van der Waals surface area contributed by atoms with Crippen LogP contribution in [-0.2, 0) is 4.74 Å². The van der Waals surface area contributed by atoms with Crippen LogP contribution in [0.4, 0.5) is 0 Å². The number of ether oxygens (including phenoxy) is 2. The van der Waals surface area contributed by atoms with E-state index in [4.69, 9.17) is 9.47 Å². The fourth-order valence-corrected chi connectivity index (χ4v) is 3.09. The molecule has 0 aliphatic carbocycles. The molecule has 3 aromatic heterocycles. The number of hydrogen-bond donors (Lipinski definition) is 1. The van der Waals surface area contributed by atoms with Gasteiger partial charge in [0.05, 0.1) is 29.4 Å². The van der Waals surface area contributed by atoms with Crippen LogP contribution in [0.2, 0.25) is 0 Å². The Morgan fingerprint density at radius 2 is 1.96 bits per heavy atom. The first-order valence-corrected chi connectivity index (χ1v) is 8.63. The first kappa shape index (κ1) is 17.1. The van der Waals surface area contributed by atoms with Crippen molar-refractivity contribution in [3.05, 3.63) is 77.6 Å². The van der Waals surface area contributed by atoms with Gasteiger partial charge in [0, 0.05) is 31.3 Å². The molecule has 27 heavy (non-hydrogen) atoms. The molecule has 4 rings (SSSR count). The Labute approximate surface area is 156 Å². The minimum absolute atomic E-state index is 0.120. The average molecular weight is 361 g/mol. The summed E-state index contributed by atoms with van der Waals surface area (Å²) in [6.07, 6.45) is 7.13. The van der Waals surface area contributed by atoms with Crippen molar-refractivity contribution in [2.75, 3.05) is 20.3 Å². The number of nitrogens with zero attached hydrogens (tertiary/aromatic N) is 2. The van der Waals surface area contributed by atoms with Crippen LogP contribution in [0.5, 0.6) is 5.75 Å². The number of aromatic amines is 1. The van der Waals surface area contributed by atoms with Crippen molar-refractivity contribution in [3.63, 3.8) is 0 Å². The predicted octanol–water partition coefficient (Wildman–Crippen LogP) is 3.41. The van der Waals surface area contributed by atoms with Gasteiger partial charge in [-0.15, -0.1) is 0 Å². The Hall–Kier alpha value is -3.38. The number of nitrogens with one attached hydrogen (secondary N) is 1. The lowest BCUT2D eigenvalue weighted by Gasteiger charge is -2.06. The summed E-state index contributed by atoms with van der Waals surface area (Å²) in [7, 11) is 1.64. The largest absolute Gasteiger partial charge is 0.491 e. The summed E-state index contributed by atoms with van der Waals surface area (Å²) in [4.78, 5) is 19.5. The summed E-state index contributed by atoms with van der Waals surface area (Å²) in [6, 6.07) is 13.4. The summed E-state index contributed by atoms with van der Waals surface area (Å²) in [5.74, 6) is 0.765. The molecule has 0 spiro atoms. The minimum Gasteiger partial charge on any atom is -0.491 e. The lowest BCUT2D eigenvalue weighted by atomic mass is 10.1. The summed E-state index contributed by atoms with van der Waals surface area (Å²) < 4.78 is 12.6. The van der Waals surface area contributed by atoms with E-state index >= 15 is 0 Å². The molecule has 0 fully saturated rings. The van der Waals surface area contributed by atoms with Gasteiger partial charge < -0.3 is 19.0 Å². The molecule has 0 aliphatic heterocycles. The van der Waals surface area contributed by atoms with Crippen molar-refractivity contribution >= 4 is 10.9 Å². The van der Waals surface area contributed by atoms with Crippen molar-refractivity contribution in [1.29, 1.82) is 0 Å². The standard InChI is InChI=1S/C21H19N3O3/c1-26-11-12-27-17-6-4-15(5-7-17)18-14-24(16-3-2-9-22-13-16)19-8-10-23-21(25)20(18)19/h2-10,13-14H,11-12H2,1H3,(H,23,25). The zero-order chi connectivity index (χ0) is 18.6. The number of rotatable bonds is 6. The number of methoxy groups -OCH3 is 1. The molecule has 1 aromatic carbocycles. The Morgan fingerprint density at radius 1 is 1.11 bits per heavy atom. The SMILES string of the molecule is COCCOc1ccc(-c2cn(-c3cccnc3)c3cc[nH]c(=O)c23)cc1. The Kier molecular flexibility index (Phi) is 4.72. The van der Waals surface area contributed by atoms with E-state index in [9.17, 15) is 4.79 Å². The van der Waals surface area contributed by atoms with Gasteiger partial charge in [-0.3, -0.25) is 9.78 Å². The highest BCUT2D eigenvalue weighted by molar-refractivity contribution is 5.96. The summed E-state index contributed by atoms with van der Waals surface area (Å²) in [5, 5.41) is 0.648. The molecule has 0 bridgehead atoms. The molecule has 0 aliphatic rings. The Bertz CT molecular complexity index is 1100. The molecular weight excluding hydrogens is 342 g/mol. The number of benzene rings is 1. The van der Waals surface area contributed by atoms with Crippen LogP contribution < -0.4 is 10.3 Å². The molecule has 0 saturated carbocycles. The molecule has 3 heterocycles. The molecule has 6 nitrogen and oxygen atoms in total. The maximum Gasteiger partial charge on any atom is 0.258 e. The van der Waals surface area contributed by atoms with Gasteiger partial charge in [0.25, 0.3) is 5.56 Å². The fourth-order valence-electron chi connectivity index (χ4n) is 3.09. The molecule has 0 amide bonds. The highest BCUT2D eigenvalue weighted by atomic mass is 16.5. The molecule has 136 valence electrons. The highest BCUT2D eigenvalue weighted by Crippen LogP contribution is 2.31. The zero-order valence-electron chi connectivity index (χ0n) is 14.9. The third kappa shape index (κ3) is 3.35.